The lowest BCUT2D eigenvalue weighted by molar-refractivity contribution is -0.142. The van der Waals surface area contributed by atoms with E-state index in [1.54, 1.807) is 26.8 Å². The van der Waals surface area contributed by atoms with Crippen LogP contribution >= 0.6 is 0 Å². The Morgan fingerprint density at radius 3 is 2.74 bits per heavy atom. The van der Waals surface area contributed by atoms with Gasteiger partial charge < -0.3 is 20.7 Å². The predicted octanol–water partition coefficient (Wildman–Crippen LogP) is 3.58. The summed E-state index contributed by atoms with van der Waals surface area (Å²) in [5.74, 6) is 0.295. The molecule has 2 aromatic heterocycles. The Hall–Kier alpha value is -2.98. The van der Waals surface area contributed by atoms with E-state index in [2.05, 4.69) is 15.4 Å². The smallest absolute Gasteiger partial charge is 0.408 e. The topological polar surface area (TPSA) is 98.3 Å². The number of nitrogen functional groups attached to an aromatic ring is 1. The minimum Gasteiger partial charge on any atom is -0.444 e. The molecule has 0 bridgehead atoms. The summed E-state index contributed by atoms with van der Waals surface area (Å²) in [4.78, 5) is 18.3. The highest BCUT2D eigenvalue weighted by Gasteiger charge is 2.29. The third kappa shape index (κ3) is 6.50. The van der Waals surface area contributed by atoms with Crippen LogP contribution in [0, 0.1) is 0 Å². The van der Waals surface area contributed by atoms with E-state index in [1.165, 1.54) is 18.6 Å². The number of alkyl halides is 3. The lowest BCUT2D eigenvalue weighted by atomic mass is 10.0. The molecule has 1 saturated heterocycles. The number of carbonyl (C=O) groups is 1. The lowest BCUT2D eigenvalue weighted by Crippen LogP contribution is -2.49. The molecule has 8 nitrogen and oxygen atoms in total. The van der Waals surface area contributed by atoms with E-state index in [0.717, 1.165) is 23.2 Å². The number of pyridine rings is 1. The van der Waals surface area contributed by atoms with Crippen LogP contribution in [-0.2, 0) is 11.3 Å². The van der Waals surface area contributed by atoms with Gasteiger partial charge in [0.1, 0.15) is 18.0 Å². The quantitative estimate of drug-likeness (QED) is 0.754. The number of rotatable bonds is 4. The fourth-order valence-electron chi connectivity index (χ4n) is 3.51. The van der Waals surface area contributed by atoms with Crippen molar-refractivity contribution < 1.29 is 22.7 Å². The Morgan fingerprint density at radius 1 is 1.32 bits per heavy atom. The van der Waals surface area contributed by atoms with Gasteiger partial charge in [-0.2, -0.15) is 18.3 Å². The summed E-state index contributed by atoms with van der Waals surface area (Å²) >= 11 is 0. The van der Waals surface area contributed by atoms with Crippen LogP contribution in [0.5, 0.6) is 0 Å². The number of piperidine rings is 1. The number of aromatic nitrogens is 3. The maximum atomic E-state index is 12.7. The Kier molecular flexibility index (Phi) is 6.33. The van der Waals surface area contributed by atoms with Crippen molar-refractivity contribution in [3.63, 3.8) is 0 Å². The number of nitrogens with one attached hydrogen (secondary N) is 1. The number of alkyl carbamates (subject to hydrolysis) is 1. The maximum Gasteiger partial charge on any atom is 0.408 e. The fraction of sp³-hybridized carbons (Fsp3) is 0.550. The summed E-state index contributed by atoms with van der Waals surface area (Å²) in [6.07, 6.45) is 1.00. The van der Waals surface area contributed by atoms with Crippen molar-refractivity contribution in [1.82, 2.24) is 20.1 Å². The normalized spacial score (nSPS) is 17.5. The minimum atomic E-state index is -4.36. The first-order valence-corrected chi connectivity index (χ1v) is 9.99. The van der Waals surface area contributed by atoms with Crippen molar-refractivity contribution in [2.45, 2.75) is 58.0 Å². The molecule has 0 spiro atoms. The number of amides is 1. The van der Waals surface area contributed by atoms with Gasteiger partial charge in [-0.05, 0) is 33.6 Å². The molecule has 170 valence electrons. The van der Waals surface area contributed by atoms with Crippen LogP contribution in [-0.4, -0.2) is 51.8 Å². The highest BCUT2D eigenvalue weighted by atomic mass is 19.4. The van der Waals surface area contributed by atoms with Gasteiger partial charge in [0, 0.05) is 54.4 Å². The second-order valence-corrected chi connectivity index (χ2v) is 8.60. The first-order chi connectivity index (χ1) is 14.4. The van der Waals surface area contributed by atoms with E-state index in [1.807, 2.05) is 4.90 Å². The summed E-state index contributed by atoms with van der Waals surface area (Å²) in [5, 5.41) is 6.71. The van der Waals surface area contributed by atoms with E-state index in [0.29, 0.717) is 30.0 Å². The van der Waals surface area contributed by atoms with Crippen molar-refractivity contribution >= 4 is 17.6 Å². The molecule has 3 heterocycles. The number of nitrogens with zero attached hydrogens (tertiary/aromatic N) is 4. The highest BCUT2D eigenvalue weighted by Crippen LogP contribution is 2.33. The van der Waals surface area contributed by atoms with Gasteiger partial charge in [0.15, 0.2) is 0 Å². The molecule has 31 heavy (non-hydrogen) atoms. The van der Waals surface area contributed by atoms with Crippen LogP contribution in [0.15, 0.2) is 24.7 Å². The van der Waals surface area contributed by atoms with Gasteiger partial charge in [-0.1, -0.05) is 0 Å². The lowest BCUT2D eigenvalue weighted by Gasteiger charge is -2.36. The molecule has 0 saturated carbocycles. The molecule has 1 fully saturated rings. The summed E-state index contributed by atoms with van der Waals surface area (Å²) in [6.45, 7) is 5.43. The van der Waals surface area contributed by atoms with Gasteiger partial charge in [-0.15, -0.1) is 0 Å². The van der Waals surface area contributed by atoms with Gasteiger partial charge >= 0.3 is 12.3 Å². The zero-order valence-corrected chi connectivity index (χ0v) is 17.7. The molecule has 1 amide bonds. The third-order valence-electron chi connectivity index (χ3n) is 4.67. The van der Waals surface area contributed by atoms with Gasteiger partial charge in [0.2, 0.25) is 0 Å². The van der Waals surface area contributed by atoms with Crippen molar-refractivity contribution in [2.75, 3.05) is 23.7 Å². The minimum absolute atomic E-state index is 0.140. The SMILES string of the molecule is CC(C)(C)OC(=O)N[C@H]1CCCN(c2cc(N)ncc2-c2cnn(CC(F)(F)F)c2)C1. The predicted molar refractivity (Wildman–Crippen MR) is 111 cm³/mol. The maximum absolute atomic E-state index is 12.7. The third-order valence-corrected chi connectivity index (χ3v) is 4.67. The second kappa shape index (κ2) is 8.64. The average molecular weight is 440 g/mol. The molecule has 1 aliphatic heterocycles. The number of carbonyl (C=O) groups excluding carboxylic acids is 1. The van der Waals surface area contributed by atoms with Crippen LogP contribution < -0.4 is 16.0 Å². The number of hydrogen-bond donors (Lipinski definition) is 2. The van der Waals surface area contributed by atoms with Crippen molar-refractivity contribution in [2.24, 2.45) is 0 Å². The fourth-order valence-corrected chi connectivity index (χ4v) is 3.51. The molecule has 1 aliphatic rings. The van der Waals surface area contributed by atoms with Gasteiger partial charge in [-0.3, -0.25) is 4.68 Å². The number of nitrogens with two attached hydrogens (primary N) is 1. The van der Waals surface area contributed by atoms with E-state index in [4.69, 9.17) is 10.5 Å². The van der Waals surface area contributed by atoms with Crippen LogP contribution in [0.25, 0.3) is 11.1 Å². The zero-order valence-electron chi connectivity index (χ0n) is 17.7. The molecular formula is C20H27F3N6O2. The Labute approximate surface area is 178 Å². The van der Waals surface area contributed by atoms with Crippen molar-refractivity contribution in [3.05, 3.63) is 24.7 Å². The van der Waals surface area contributed by atoms with Crippen LogP contribution in [0.2, 0.25) is 0 Å². The molecular weight excluding hydrogens is 413 g/mol. The van der Waals surface area contributed by atoms with E-state index in [9.17, 15) is 18.0 Å². The molecule has 0 aromatic carbocycles. The van der Waals surface area contributed by atoms with Crippen molar-refractivity contribution in [3.8, 4) is 11.1 Å². The number of hydrogen-bond acceptors (Lipinski definition) is 6. The Balaban J connectivity index is 1.79. The zero-order chi connectivity index (χ0) is 22.8. The molecule has 1 atom stereocenters. The molecule has 0 aliphatic carbocycles. The Morgan fingerprint density at radius 2 is 2.06 bits per heavy atom. The number of halogens is 3. The van der Waals surface area contributed by atoms with Crippen LogP contribution in [0.4, 0.5) is 29.5 Å². The molecule has 0 radical (unpaired) electrons. The second-order valence-electron chi connectivity index (χ2n) is 8.60. The largest absolute Gasteiger partial charge is 0.444 e. The number of ether oxygens (including phenoxy) is 1. The van der Waals surface area contributed by atoms with Crippen LogP contribution in [0.1, 0.15) is 33.6 Å². The summed E-state index contributed by atoms with van der Waals surface area (Å²) in [7, 11) is 0. The molecule has 3 rings (SSSR count). The highest BCUT2D eigenvalue weighted by molar-refractivity contribution is 5.79. The number of anilines is 2. The average Bonchev–Trinajstić information content (AvgIpc) is 3.06. The monoisotopic (exact) mass is 440 g/mol. The summed E-state index contributed by atoms with van der Waals surface area (Å²) in [5.41, 5.74) is 7.16. The van der Waals surface area contributed by atoms with E-state index >= 15 is 0 Å². The van der Waals surface area contributed by atoms with E-state index < -0.39 is 24.4 Å². The van der Waals surface area contributed by atoms with E-state index in [-0.39, 0.29) is 6.04 Å². The molecule has 2 aromatic rings. The Bertz CT molecular complexity index is 922. The van der Waals surface area contributed by atoms with Gasteiger partial charge in [-0.25, -0.2) is 9.78 Å². The standard InChI is InChI=1S/C20H27F3N6O2/c1-19(2,3)31-18(30)27-14-5-4-6-28(11-14)16-7-17(24)25-9-15(16)13-8-26-29(10-13)12-20(21,22)23/h7-10,14H,4-6,11-12H2,1-3H3,(H2,24,25)(H,27,30)/t14-/m0/s1. The summed E-state index contributed by atoms with van der Waals surface area (Å²) in [6, 6.07) is 1.55. The molecule has 11 heteroatoms. The van der Waals surface area contributed by atoms with Gasteiger partial charge in [0.25, 0.3) is 0 Å². The first-order valence-electron chi connectivity index (χ1n) is 9.99. The first kappa shape index (κ1) is 22.7. The summed E-state index contributed by atoms with van der Waals surface area (Å²) < 4.78 is 44.2. The molecule has 0 unspecified atom stereocenters. The van der Waals surface area contributed by atoms with Crippen LogP contribution in [0.3, 0.4) is 0 Å². The van der Waals surface area contributed by atoms with Gasteiger partial charge in [0.05, 0.1) is 6.20 Å². The molecule has 3 N–H and O–H groups in total. The van der Waals surface area contributed by atoms with Crippen molar-refractivity contribution in [1.29, 1.82) is 0 Å².